The van der Waals surface area contributed by atoms with Gasteiger partial charge in [-0.05, 0) is 30.3 Å². The smallest absolute Gasteiger partial charge is 0.340 e. The quantitative estimate of drug-likeness (QED) is 0.612. The van der Waals surface area contributed by atoms with E-state index in [4.69, 9.17) is 19.2 Å². The molecule has 1 saturated heterocycles. The number of carboxylic acid groups (broad SMARTS) is 1. The first kappa shape index (κ1) is 19.7. The van der Waals surface area contributed by atoms with Crippen LogP contribution < -0.4 is 9.64 Å². The van der Waals surface area contributed by atoms with Crippen LogP contribution in [-0.2, 0) is 4.74 Å². The second-order valence-corrected chi connectivity index (χ2v) is 6.79. The minimum Gasteiger partial charge on any atom is -0.490 e. The van der Waals surface area contributed by atoms with Gasteiger partial charge in [0.15, 0.2) is 0 Å². The molecule has 1 aliphatic heterocycles. The summed E-state index contributed by atoms with van der Waals surface area (Å²) in [6.45, 7) is 2.61. The molecule has 1 aromatic heterocycles. The molecular formula is C22H19FN2O5. The highest BCUT2D eigenvalue weighted by molar-refractivity contribution is 6.09. The van der Waals surface area contributed by atoms with Gasteiger partial charge in [0.1, 0.15) is 35.1 Å². The van der Waals surface area contributed by atoms with Crippen molar-refractivity contribution in [3.63, 3.8) is 0 Å². The molecule has 7 nitrogen and oxygen atoms in total. The number of anilines is 1. The number of carboxylic acids is 1. The zero-order valence-electron chi connectivity index (χ0n) is 16.1. The number of hydrogen-bond donors (Lipinski definition) is 1. The molecule has 1 N–H and O–H groups in total. The second-order valence-electron chi connectivity index (χ2n) is 6.79. The molecular weight excluding hydrogens is 391 g/mol. The van der Waals surface area contributed by atoms with Gasteiger partial charge in [-0.2, -0.15) is 5.26 Å². The van der Waals surface area contributed by atoms with E-state index in [9.17, 15) is 14.3 Å². The molecule has 0 saturated carbocycles. The minimum absolute atomic E-state index is 0.0183. The molecule has 0 atom stereocenters. The summed E-state index contributed by atoms with van der Waals surface area (Å²) < 4.78 is 30.5. The van der Waals surface area contributed by atoms with Crippen molar-refractivity contribution in [1.29, 1.82) is 5.26 Å². The summed E-state index contributed by atoms with van der Waals surface area (Å²) in [5.74, 6) is -0.946. The molecule has 1 fully saturated rings. The van der Waals surface area contributed by atoms with Crippen molar-refractivity contribution in [1.82, 2.24) is 0 Å². The van der Waals surface area contributed by atoms with E-state index < -0.39 is 11.8 Å². The Labute approximate surface area is 171 Å². The third-order valence-corrected chi connectivity index (χ3v) is 4.91. The number of nitrogens with zero attached hydrogens (tertiary/aromatic N) is 2. The lowest BCUT2D eigenvalue weighted by Crippen LogP contribution is -2.36. The summed E-state index contributed by atoms with van der Waals surface area (Å²) in [4.78, 5) is 14.1. The Morgan fingerprint density at radius 1 is 1.23 bits per heavy atom. The van der Waals surface area contributed by atoms with Crippen molar-refractivity contribution in [3.8, 4) is 23.1 Å². The number of carbonyl (C=O) groups is 1. The Balaban J connectivity index is 1.87. The van der Waals surface area contributed by atoms with Crippen LogP contribution in [0.3, 0.4) is 0 Å². The van der Waals surface area contributed by atoms with Crippen molar-refractivity contribution in [2.45, 2.75) is 6.42 Å². The predicted octanol–water partition coefficient (Wildman–Crippen LogP) is 4.07. The van der Waals surface area contributed by atoms with Crippen molar-refractivity contribution >= 4 is 22.6 Å². The van der Waals surface area contributed by atoms with Gasteiger partial charge in [0.25, 0.3) is 0 Å². The number of fused-ring (bicyclic) bond motifs is 1. The van der Waals surface area contributed by atoms with Crippen LogP contribution in [0, 0.1) is 17.1 Å². The van der Waals surface area contributed by atoms with Gasteiger partial charge in [-0.3, -0.25) is 0 Å². The summed E-state index contributed by atoms with van der Waals surface area (Å²) in [6.07, 6.45) is 0.207. The zero-order chi connectivity index (χ0) is 21.1. The van der Waals surface area contributed by atoms with Crippen LogP contribution in [0.25, 0.3) is 22.3 Å². The summed E-state index contributed by atoms with van der Waals surface area (Å²) >= 11 is 0. The number of halogens is 1. The third kappa shape index (κ3) is 3.80. The van der Waals surface area contributed by atoms with Gasteiger partial charge in [-0.25, -0.2) is 9.18 Å². The molecule has 0 spiro atoms. The van der Waals surface area contributed by atoms with Crippen molar-refractivity contribution in [3.05, 3.63) is 47.8 Å². The molecule has 0 unspecified atom stereocenters. The number of aromatic carboxylic acids is 1. The Kier molecular flexibility index (Phi) is 5.55. The van der Waals surface area contributed by atoms with Gasteiger partial charge in [-0.15, -0.1) is 0 Å². The molecule has 0 bridgehead atoms. The number of furan rings is 1. The van der Waals surface area contributed by atoms with Gasteiger partial charge in [0.2, 0.25) is 0 Å². The predicted molar refractivity (Wildman–Crippen MR) is 107 cm³/mol. The van der Waals surface area contributed by atoms with Gasteiger partial charge in [-0.1, -0.05) is 0 Å². The lowest BCUT2D eigenvalue weighted by molar-refractivity contribution is 0.0699. The number of hydrogen-bond acceptors (Lipinski definition) is 6. The normalized spacial score (nSPS) is 13.9. The van der Waals surface area contributed by atoms with Gasteiger partial charge >= 0.3 is 5.97 Å². The van der Waals surface area contributed by atoms with Gasteiger partial charge in [0.05, 0.1) is 31.4 Å². The van der Waals surface area contributed by atoms with E-state index in [0.717, 1.165) is 5.69 Å². The third-order valence-electron chi connectivity index (χ3n) is 4.91. The summed E-state index contributed by atoms with van der Waals surface area (Å²) in [5, 5.41) is 19.1. The van der Waals surface area contributed by atoms with Gasteiger partial charge in [0, 0.05) is 30.1 Å². The van der Waals surface area contributed by atoms with Crippen LogP contribution in [0.15, 0.2) is 40.8 Å². The van der Waals surface area contributed by atoms with Crippen molar-refractivity contribution in [2.75, 3.05) is 37.8 Å². The number of rotatable bonds is 6. The highest BCUT2D eigenvalue weighted by Gasteiger charge is 2.25. The molecule has 154 valence electrons. The molecule has 0 radical (unpaired) electrons. The first-order valence-corrected chi connectivity index (χ1v) is 9.50. The van der Waals surface area contributed by atoms with Crippen molar-refractivity contribution in [2.24, 2.45) is 0 Å². The van der Waals surface area contributed by atoms with E-state index in [0.29, 0.717) is 48.6 Å². The number of benzene rings is 2. The standard InChI is InChI=1S/C22H19FN2O5/c23-15-4-2-14(3-5-15)21-20(22(26)27)16-12-19(29-9-1-6-24)17(13-18(16)30-21)25-7-10-28-11-8-25/h2-5,12-13H,1,7-11H2,(H,26,27). The lowest BCUT2D eigenvalue weighted by Gasteiger charge is -2.30. The average molecular weight is 410 g/mol. The Hall–Kier alpha value is -3.57. The van der Waals surface area contributed by atoms with E-state index in [1.54, 1.807) is 12.1 Å². The summed E-state index contributed by atoms with van der Waals surface area (Å²) in [6, 6.07) is 10.9. The largest absolute Gasteiger partial charge is 0.490 e. The number of ether oxygens (including phenoxy) is 2. The Morgan fingerprint density at radius 2 is 1.97 bits per heavy atom. The molecule has 0 amide bonds. The highest BCUT2D eigenvalue weighted by Crippen LogP contribution is 2.40. The van der Waals surface area contributed by atoms with Gasteiger partial charge < -0.3 is 23.9 Å². The number of morpholine rings is 1. The summed E-state index contributed by atoms with van der Waals surface area (Å²) in [7, 11) is 0. The SMILES string of the molecule is N#CCCOc1cc2c(C(=O)O)c(-c3ccc(F)cc3)oc2cc1N1CCOCC1. The minimum atomic E-state index is -1.16. The highest BCUT2D eigenvalue weighted by atomic mass is 19.1. The molecule has 0 aliphatic carbocycles. The molecule has 2 heterocycles. The van der Waals surface area contributed by atoms with Crippen LogP contribution >= 0.6 is 0 Å². The maximum absolute atomic E-state index is 13.3. The van der Waals surface area contributed by atoms with Crippen LogP contribution in [-0.4, -0.2) is 44.0 Å². The van der Waals surface area contributed by atoms with Crippen LogP contribution in [0.5, 0.6) is 5.75 Å². The molecule has 30 heavy (non-hydrogen) atoms. The van der Waals surface area contributed by atoms with E-state index in [1.807, 2.05) is 6.07 Å². The van der Waals surface area contributed by atoms with Crippen molar-refractivity contribution < 1.29 is 28.2 Å². The molecule has 2 aromatic carbocycles. The number of nitriles is 1. The first-order valence-electron chi connectivity index (χ1n) is 9.50. The lowest BCUT2D eigenvalue weighted by atomic mass is 10.0. The Morgan fingerprint density at radius 3 is 2.63 bits per heavy atom. The fraction of sp³-hybridized carbons (Fsp3) is 0.273. The fourth-order valence-electron chi connectivity index (χ4n) is 3.50. The second kappa shape index (κ2) is 8.43. The topological polar surface area (TPSA) is 95.9 Å². The van der Waals surface area contributed by atoms with Crippen LogP contribution in [0.2, 0.25) is 0 Å². The summed E-state index contributed by atoms with van der Waals surface area (Å²) in [5.41, 5.74) is 1.58. The molecule has 3 aromatic rings. The average Bonchev–Trinajstić information content (AvgIpc) is 3.13. The maximum atomic E-state index is 13.3. The maximum Gasteiger partial charge on any atom is 0.340 e. The van der Waals surface area contributed by atoms with Crippen LogP contribution in [0.4, 0.5) is 10.1 Å². The zero-order valence-corrected chi connectivity index (χ0v) is 16.1. The van der Waals surface area contributed by atoms with E-state index in [-0.39, 0.29) is 24.4 Å². The molecule has 1 aliphatic rings. The fourth-order valence-corrected chi connectivity index (χ4v) is 3.50. The Bertz CT molecular complexity index is 1110. The first-order chi connectivity index (χ1) is 14.6. The van der Waals surface area contributed by atoms with E-state index in [2.05, 4.69) is 4.90 Å². The molecule has 8 heteroatoms. The van der Waals surface area contributed by atoms with E-state index >= 15 is 0 Å². The van der Waals surface area contributed by atoms with E-state index in [1.165, 1.54) is 24.3 Å². The van der Waals surface area contributed by atoms with Crippen LogP contribution in [0.1, 0.15) is 16.8 Å². The monoisotopic (exact) mass is 410 g/mol. The molecule has 4 rings (SSSR count).